The predicted octanol–water partition coefficient (Wildman–Crippen LogP) is 2.50. The van der Waals surface area contributed by atoms with E-state index in [9.17, 15) is 13.2 Å². The van der Waals surface area contributed by atoms with Gasteiger partial charge < -0.3 is 14.3 Å². The van der Waals surface area contributed by atoms with Crippen molar-refractivity contribution in [1.82, 2.24) is 13.9 Å². The van der Waals surface area contributed by atoms with E-state index in [2.05, 4.69) is 33.1 Å². The van der Waals surface area contributed by atoms with Crippen LogP contribution in [0.4, 0.5) is 0 Å². The third kappa shape index (κ3) is 6.61. The Hall–Kier alpha value is -2.37. The number of ether oxygens (including phenoxy) is 2. The van der Waals surface area contributed by atoms with E-state index in [-0.39, 0.29) is 0 Å². The fourth-order valence-corrected chi connectivity index (χ4v) is 5.78. The quantitative estimate of drug-likeness (QED) is 0.366. The van der Waals surface area contributed by atoms with Gasteiger partial charge >= 0.3 is 0 Å². The van der Waals surface area contributed by atoms with Crippen molar-refractivity contribution in [2.45, 2.75) is 10.9 Å². The number of nitrogens with zero attached hydrogens (tertiary/aromatic N) is 2. The summed E-state index contributed by atoms with van der Waals surface area (Å²) in [7, 11) is -1.17. The first-order valence-corrected chi connectivity index (χ1v) is 13.7. The van der Waals surface area contributed by atoms with Crippen LogP contribution in [-0.4, -0.2) is 76.6 Å². The normalized spacial score (nSPS) is 18.8. The smallest absolute Gasteiger partial charge is 0.209 e. The molecule has 0 amide bonds. The van der Waals surface area contributed by atoms with E-state index >= 15 is 0 Å². The Bertz CT molecular complexity index is 1140. The highest BCUT2D eigenvalue weighted by atomic mass is 32.2. The molecule has 0 radical (unpaired) electrons. The second-order valence-corrected chi connectivity index (χ2v) is 11.4. The van der Waals surface area contributed by atoms with Crippen molar-refractivity contribution in [1.29, 1.82) is 0 Å². The summed E-state index contributed by atoms with van der Waals surface area (Å²) >= 11 is 1.82. The van der Waals surface area contributed by atoms with Crippen LogP contribution in [0.2, 0.25) is 0 Å². The minimum absolute atomic E-state index is 0.566. The molecule has 5 rings (SSSR count). The largest absolute Gasteiger partial charge is 0.486 e. The number of hydrogen-bond donors (Lipinski definition) is 1. The molecule has 3 aliphatic rings. The lowest BCUT2D eigenvalue weighted by Gasteiger charge is -2.21. The molecule has 0 spiro atoms. The minimum atomic E-state index is -3.36. The van der Waals surface area contributed by atoms with Crippen molar-refractivity contribution in [3.05, 3.63) is 65.2 Å². The summed E-state index contributed by atoms with van der Waals surface area (Å²) in [5.41, 5.74) is 3.85. The van der Waals surface area contributed by atoms with Crippen LogP contribution in [-0.2, 0) is 14.8 Å². The fraction of sp³-hybridized carbons (Fsp3) is 0.375. The van der Waals surface area contributed by atoms with Gasteiger partial charge in [-0.3, -0.25) is 4.90 Å². The van der Waals surface area contributed by atoms with Crippen molar-refractivity contribution >= 4 is 28.3 Å². The number of aldehydes is 1. The van der Waals surface area contributed by atoms with Gasteiger partial charge in [-0.2, -0.15) is 0 Å². The van der Waals surface area contributed by atoms with E-state index < -0.39 is 16.1 Å². The van der Waals surface area contributed by atoms with Gasteiger partial charge in [0.15, 0.2) is 11.5 Å². The first kappa shape index (κ1) is 24.7. The summed E-state index contributed by atoms with van der Waals surface area (Å²) in [5.74, 6) is 1.74. The van der Waals surface area contributed by atoms with Crippen molar-refractivity contribution in [2.24, 2.45) is 0 Å². The van der Waals surface area contributed by atoms with E-state index in [1.807, 2.05) is 18.0 Å². The summed E-state index contributed by atoms with van der Waals surface area (Å²) in [5, 5.41) is 0. The number of likely N-dealkylation sites (N-methyl/N-ethyl adjacent to an activating group) is 1. The van der Waals surface area contributed by atoms with E-state index in [4.69, 9.17) is 9.47 Å². The molecule has 0 aliphatic carbocycles. The van der Waals surface area contributed by atoms with Crippen LogP contribution in [0.1, 0.15) is 11.6 Å². The number of sulfonamides is 1. The Kier molecular flexibility index (Phi) is 7.95. The van der Waals surface area contributed by atoms with Gasteiger partial charge in [0.2, 0.25) is 10.0 Å². The molecule has 3 aliphatic heterocycles. The second kappa shape index (κ2) is 10.9. The lowest BCUT2D eigenvalue weighted by molar-refractivity contribution is -0.109. The summed E-state index contributed by atoms with van der Waals surface area (Å²) in [4.78, 5) is 14.3. The molecule has 34 heavy (non-hydrogen) atoms. The van der Waals surface area contributed by atoms with Crippen LogP contribution in [0, 0.1) is 0 Å². The zero-order valence-electron chi connectivity index (χ0n) is 19.3. The first-order valence-electron chi connectivity index (χ1n) is 11.0. The highest BCUT2D eigenvalue weighted by molar-refractivity contribution is 7.97. The molecular formula is C24H29N3O5S2. The van der Waals surface area contributed by atoms with Crippen LogP contribution in [0.15, 0.2) is 64.6 Å². The third-order valence-electron chi connectivity index (χ3n) is 5.54. The van der Waals surface area contributed by atoms with E-state index in [1.54, 1.807) is 41.5 Å². The van der Waals surface area contributed by atoms with Crippen LogP contribution in [0.3, 0.4) is 0 Å². The third-order valence-corrected chi connectivity index (χ3v) is 7.20. The highest BCUT2D eigenvalue weighted by Gasteiger charge is 2.28. The molecule has 1 unspecified atom stereocenters. The molecule has 2 aromatic rings. The van der Waals surface area contributed by atoms with E-state index in [0.717, 1.165) is 43.9 Å². The summed E-state index contributed by atoms with van der Waals surface area (Å²) < 4.78 is 37.7. The molecule has 0 saturated carbocycles. The molecule has 0 bridgehead atoms. The molecule has 0 aromatic heterocycles. The average Bonchev–Trinajstić information content (AvgIpc) is 3.34. The number of rotatable bonds is 6. The summed E-state index contributed by atoms with van der Waals surface area (Å²) in [6.45, 7) is 5.72. The van der Waals surface area contributed by atoms with Gasteiger partial charge in [-0.05, 0) is 53.9 Å². The van der Waals surface area contributed by atoms with Gasteiger partial charge in [-0.15, -0.1) is 0 Å². The number of carbonyl (C=O) groups is 1. The van der Waals surface area contributed by atoms with Gasteiger partial charge in [-0.25, -0.2) is 17.4 Å². The number of carbonyl (C=O) groups excluding carboxylic acids is 1. The maximum atomic E-state index is 10.9. The van der Waals surface area contributed by atoms with Crippen molar-refractivity contribution in [2.75, 3.05) is 52.7 Å². The molecule has 10 heteroatoms. The molecule has 3 heterocycles. The molecule has 1 atom stereocenters. The van der Waals surface area contributed by atoms with Crippen molar-refractivity contribution in [3.63, 3.8) is 0 Å². The Balaban J connectivity index is 0.000000173. The minimum Gasteiger partial charge on any atom is -0.486 e. The molecule has 1 N–H and O–H groups in total. The van der Waals surface area contributed by atoms with E-state index in [1.165, 1.54) is 4.90 Å². The number of nitrogens with one attached hydrogen (secondary N) is 1. The van der Waals surface area contributed by atoms with E-state index in [0.29, 0.717) is 25.1 Å². The fourth-order valence-electron chi connectivity index (χ4n) is 4.10. The Morgan fingerprint density at radius 1 is 0.971 bits per heavy atom. The van der Waals surface area contributed by atoms with Crippen molar-refractivity contribution < 1.29 is 22.7 Å². The Labute approximate surface area is 205 Å². The SMILES string of the molecule is CN1CC2=C(C1)CN(Sc1ccc3c(c1)OCCO3)C2.CS(=O)(=O)NC(C=O)c1ccccc1. The van der Waals surface area contributed by atoms with Crippen LogP contribution in [0.5, 0.6) is 11.5 Å². The molecule has 0 fully saturated rings. The van der Waals surface area contributed by atoms with Crippen LogP contribution >= 0.6 is 11.9 Å². The van der Waals surface area contributed by atoms with Crippen LogP contribution in [0.25, 0.3) is 0 Å². The molecular weight excluding hydrogens is 474 g/mol. The Morgan fingerprint density at radius 2 is 1.62 bits per heavy atom. The molecule has 0 saturated heterocycles. The van der Waals surface area contributed by atoms with Gasteiger partial charge in [0.1, 0.15) is 25.5 Å². The first-order chi connectivity index (χ1) is 16.3. The van der Waals surface area contributed by atoms with Crippen molar-refractivity contribution in [3.8, 4) is 11.5 Å². The topological polar surface area (TPSA) is 88.2 Å². The molecule has 8 nitrogen and oxygen atoms in total. The maximum Gasteiger partial charge on any atom is 0.209 e. The Morgan fingerprint density at radius 3 is 2.24 bits per heavy atom. The highest BCUT2D eigenvalue weighted by Crippen LogP contribution is 2.37. The monoisotopic (exact) mass is 503 g/mol. The van der Waals surface area contributed by atoms with Gasteiger partial charge in [0.25, 0.3) is 0 Å². The van der Waals surface area contributed by atoms with Gasteiger partial charge in [-0.1, -0.05) is 30.3 Å². The number of hydrogen-bond acceptors (Lipinski definition) is 8. The maximum absolute atomic E-state index is 10.9. The average molecular weight is 504 g/mol. The predicted molar refractivity (Wildman–Crippen MR) is 133 cm³/mol. The summed E-state index contributed by atoms with van der Waals surface area (Å²) in [6, 6.07) is 14.1. The zero-order chi connectivity index (χ0) is 24.1. The van der Waals surface area contributed by atoms with Gasteiger partial charge in [0.05, 0.1) is 6.26 Å². The van der Waals surface area contributed by atoms with Gasteiger partial charge in [0, 0.05) is 31.1 Å². The molecule has 2 aromatic carbocycles. The lowest BCUT2D eigenvalue weighted by Crippen LogP contribution is -2.28. The standard InChI is InChI=1S/C15H18N2O2S.C9H11NO3S/c1-16-7-11-9-17(10-12(11)8-16)20-13-2-3-14-15(6-13)19-5-4-18-14;1-14(12,13)10-9(7-11)8-5-3-2-4-6-8/h2-3,6H,4-5,7-10H2,1H3;2-7,9-10H,1H3. The number of fused-ring (bicyclic) bond motifs is 1. The molecule has 182 valence electrons. The summed E-state index contributed by atoms with van der Waals surface area (Å²) in [6.07, 6.45) is 1.59. The number of benzene rings is 2. The van der Waals surface area contributed by atoms with Crippen LogP contribution < -0.4 is 14.2 Å². The lowest BCUT2D eigenvalue weighted by atomic mass is 10.1. The zero-order valence-corrected chi connectivity index (χ0v) is 20.9. The second-order valence-electron chi connectivity index (χ2n) is 8.49.